The number of nitrogens with zero attached hydrogens (tertiary/aromatic N) is 2. The third kappa shape index (κ3) is 3.26. The van der Waals surface area contributed by atoms with E-state index in [0.717, 1.165) is 50.3 Å². The minimum absolute atomic E-state index is 0.00717. The van der Waals surface area contributed by atoms with E-state index in [1.54, 1.807) is 14.2 Å². The van der Waals surface area contributed by atoms with Gasteiger partial charge in [0.05, 0.1) is 26.0 Å². The lowest BCUT2D eigenvalue weighted by molar-refractivity contribution is 0.0762. The number of methoxy groups -OCH3 is 2. The molecular weight excluding hydrogens is 436 g/mol. The maximum absolute atomic E-state index is 13.4. The maximum Gasteiger partial charge on any atom is 0.255 e. The lowest BCUT2D eigenvalue weighted by Gasteiger charge is -2.26. The number of carbonyl (C=O) groups excluding carboxylic acids is 1. The number of aryl methyl sites for hydroxylation is 1. The van der Waals surface area contributed by atoms with Gasteiger partial charge in [-0.1, -0.05) is 36.4 Å². The van der Waals surface area contributed by atoms with Crippen LogP contribution in [0.25, 0.3) is 22.2 Å². The molecule has 1 aliphatic rings. The Labute approximate surface area is 198 Å². The van der Waals surface area contributed by atoms with E-state index in [1.807, 2.05) is 59.5 Å². The number of amides is 1. The molecule has 0 fully saturated rings. The average molecular weight is 461 g/mol. The Morgan fingerprint density at radius 3 is 2.45 bits per heavy atom. The zero-order chi connectivity index (χ0) is 23.1. The number of para-hydroxylation sites is 1. The van der Waals surface area contributed by atoms with E-state index in [4.69, 9.17) is 21.1 Å². The minimum Gasteiger partial charge on any atom is -0.497 e. The Morgan fingerprint density at radius 2 is 1.70 bits per heavy atom. The van der Waals surface area contributed by atoms with Crippen LogP contribution in [0.1, 0.15) is 27.5 Å². The molecule has 168 valence electrons. The van der Waals surface area contributed by atoms with Crippen molar-refractivity contribution in [1.29, 1.82) is 0 Å². The smallest absolute Gasteiger partial charge is 0.255 e. The van der Waals surface area contributed by atoms with Gasteiger partial charge < -0.3 is 18.9 Å². The van der Waals surface area contributed by atoms with Gasteiger partial charge in [-0.3, -0.25) is 4.79 Å². The van der Waals surface area contributed by atoms with E-state index in [0.29, 0.717) is 12.4 Å². The summed E-state index contributed by atoms with van der Waals surface area (Å²) in [5, 5.41) is 1.09. The second-order valence-electron chi connectivity index (χ2n) is 8.08. The second kappa shape index (κ2) is 8.49. The topological polar surface area (TPSA) is 43.7 Å². The Balaban J connectivity index is 1.88. The number of alkyl halides is 1. The molecule has 4 aromatic rings. The molecule has 0 saturated carbocycles. The van der Waals surface area contributed by atoms with Crippen LogP contribution in [0.5, 0.6) is 11.5 Å². The van der Waals surface area contributed by atoms with Crippen molar-refractivity contribution in [3.8, 4) is 22.8 Å². The maximum atomic E-state index is 13.4. The lowest BCUT2D eigenvalue weighted by Crippen LogP contribution is -2.30. The minimum atomic E-state index is -0.260. The molecule has 33 heavy (non-hydrogen) atoms. The summed E-state index contributed by atoms with van der Waals surface area (Å²) in [4.78, 5) is 15.3. The zero-order valence-corrected chi connectivity index (χ0v) is 19.6. The number of hydrogen-bond donors (Lipinski definition) is 0. The van der Waals surface area contributed by atoms with E-state index in [9.17, 15) is 4.79 Å². The molecule has 0 N–H and O–H groups in total. The fraction of sp³-hybridized carbons (Fsp3) is 0.222. The fourth-order valence-electron chi connectivity index (χ4n) is 5.03. The van der Waals surface area contributed by atoms with Crippen molar-refractivity contribution in [3.05, 3.63) is 83.4 Å². The van der Waals surface area contributed by atoms with Crippen LogP contribution in [0, 0.1) is 0 Å². The average Bonchev–Trinajstić information content (AvgIpc) is 3.30. The van der Waals surface area contributed by atoms with Gasteiger partial charge in [0, 0.05) is 47.1 Å². The van der Waals surface area contributed by atoms with Gasteiger partial charge in [-0.2, -0.15) is 0 Å². The summed E-state index contributed by atoms with van der Waals surface area (Å²) in [6, 6.07) is 21.7. The highest BCUT2D eigenvalue weighted by molar-refractivity contribution is 6.18. The molecule has 0 unspecified atom stereocenters. The largest absolute Gasteiger partial charge is 0.497 e. The normalized spacial score (nSPS) is 15.2. The number of ether oxygens (including phenoxy) is 2. The summed E-state index contributed by atoms with van der Waals surface area (Å²) in [5.74, 6) is 1.85. The summed E-state index contributed by atoms with van der Waals surface area (Å²) in [5.41, 5.74) is 5.75. The van der Waals surface area contributed by atoms with E-state index in [2.05, 4.69) is 23.7 Å². The summed E-state index contributed by atoms with van der Waals surface area (Å²) in [6.45, 7) is 0.456. The van der Waals surface area contributed by atoms with Crippen molar-refractivity contribution < 1.29 is 14.3 Å². The molecule has 1 aliphatic heterocycles. The van der Waals surface area contributed by atoms with Crippen LogP contribution in [-0.4, -0.2) is 42.0 Å². The molecule has 5 rings (SSSR count). The van der Waals surface area contributed by atoms with Gasteiger partial charge in [0.15, 0.2) is 0 Å². The first-order valence-corrected chi connectivity index (χ1v) is 11.4. The number of hydrogen-bond acceptors (Lipinski definition) is 3. The van der Waals surface area contributed by atoms with Crippen molar-refractivity contribution in [2.45, 2.75) is 6.04 Å². The van der Waals surface area contributed by atoms with Crippen LogP contribution in [0.3, 0.4) is 0 Å². The van der Waals surface area contributed by atoms with Gasteiger partial charge in [-0.15, -0.1) is 11.6 Å². The van der Waals surface area contributed by atoms with Crippen molar-refractivity contribution in [1.82, 2.24) is 9.47 Å². The predicted octanol–water partition coefficient (Wildman–Crippen LogP) is 5.65. The van der Waals surface area contributed by atoms with Crippen LogP contribution in [0.4, 0.5) is 0 Å². The molecule has 1 atom stereocenters. The quantitative estimate of drug-likeness (QED) is 0.349. The number of halogens is 1. The van der Waals surface area contributed by atoms with E-state index in [-0.39, 0.29) is 11.9 Å². The number of aromatic nitrogens is 1. The van der Waals surface area contributed by atoms with Gasteiger partial charge in [-0.25, -0.2) is 0 Å². The molecule has 0 spiro atoms. The molecule has 1 aromatic heterocycles. The second-order valence-corrected chi connectivity index (χ2v) is 8.46. The lowest BCUT2D eigenvalue weighted by atomic mass is 9.92. The van der Waals surface area contributed by atoms with Gasteiger partial charge in [-0.05, 0) is 35.9 Å². The Morgan fingerprint density at radius 1 is 0.939 bits per heavy atom. The first kappa shape index (κ1) is 21.4. The molecule has 6 heteroatoms. The molecule has 5 nitrogen and oxygen atoms in total. The number of fused-ring (bicyclic) bond motifs is 2. The Bertz CT molecular complexity index is 1360. The van der Waals surface area contributed by atoms with Crippen molar-refractivity contribution in [3.63, 3.8) is 0 Å². The SMILES string of the molecule is COc1ccc(OC)c(-c2c([C@H]3c4ccccc4C(=O)N3CCCl)c3ccccc3n2C)c1. The number of carbonyl (C=O) groups is 1. The fourth-order valence-corrected chi connectivity index (χ4v) is 5.21. The van der Waals surface area contributed by atoms with Crippen LogP contribution in [-0.2, 0) is 7.05 Å². The first-order valence-electron chi connectivity index (χ1n) is 10.9. The third-order valence-electron chi connectivity index (χ3n) is 6.47. The predicted molar refractivity (Wildman–Crippen MR) is 132 cm³/mol. The standard InChI is InChI=1S/C27H25ClN2O3/c1-29-22-11-7-6-10-20(22)24(25(29)21-16-17(32-2)12-13-23(21)33-3)26-18-8-4-5-9-19(18)27(31)30(26)15-14-28/h4-13,16,26H,14-15H2,1-3H3/t26-/m1/s1. The molecule has 3 aromatic carbocycles. The zero-order valence-electron chi connectivity index (χ0n) is 18.8. The summed E-state index contributed by atoms with van der Waals surface area (Å²) in [7, 11) is 5.37. The summed E-state index contributed by atoms with van der Waals surface area (Å²) < 4.78 is 13.5. The van der Waals surface area contributed by atoms with Gasteiger partial charge in [0.25, 0.3) is 5.91 Å². The summed E-state index contributed by atoms with van der Waals surface area (Å²) >= 11 is 6.17. The molecule has 0 radical (unpaired) electrons. The third-order valence-corrected chi connectivity index (χ3v) is 6.63. The number of rotatable bonds is 6. The van der Waals surface area contributed by atoms with Crippen molar-refractivity contribution in [2.75, 3.05) is 26.6 Å². The van der Waals surface area contributed by atoms with E-state index >= 15 is 0 Å². The highest BCUT2D eigenvalue weighted by atomic mass is 35.5. The van der Waals surface area contributed by atoms with Crippen LogP contribution >= 0.6 is 11.6 Å². The molecular formula is C27H25ClN2O3. The molecule has 0 aliphatic carbocycles. The number of benzene rings is 3. The van der Waals surface area contributed by atoms with E-state index < -0.39 is 0 Å². The monoisotopic (exact) mass is 460 g/mol. The first-order chi connectivity index (χ1) is 16.1. The Kier molecular flexibility index (Phi) is 5.51. The van der Waals surface area contributed by atoms with Crippen molar-refractivity contribution in [2.24, 2.45) is 7.05 Å². The van der Waals surface area contributed by atoms with Gasteiger partial charge in [0.2, 0.25) is 0 Å². The van der Waals surface area contributed by atoms with Crippen LogP contribution < -0.4 is 9.47 Å². The van der Waals surface area contributed by atoms with E-state index in [1.165, 1.54) is 0 Å². The molecule has 0 saturated heterocycles. The van der Waals surface area contributed by atoms with Crippen LogP contribution in [0.15, 0.2) is 66.7 Å². The summed E-state index contributed by atoms with van der Waals surface area (Å²) in [6.07, 6.45) is 0. The highest BCUT2D eigenvalue weighted by Gasteiger charge is 2.40. The van der Waals surface area contributed by atoms with Crippen LogP contribution in [0.2, 0.25) is 0 Å². The van der Waals surface area contributed by atoms with Crippen molar-refractivity contribution >= 4 is 28.4 Å². The van der Waals surface area contributed by atoms with Gasteiger partial charge >= 0.3 is 0 Å². The Hall–Kier alpha value is -3.44. The molecule has 2 heterocycles. The van der Waals surface area contributed by atoms with Gasteiger partial charge in [0.1, 0.15) is 11.5 Å². The molecule has 1 amide bonds. The molecule has 0 bridgehead atoms. The highest BCUT2D eigenvalue weighted by Crippen LogP contribution is 2.48.